The van der Waals surface area contributed by atoms with E-state index in [1.165, 1.54) is 24.6 Å². The molecule has 0 N–H and O–H groups in total. The zero-order valence-corrected chi connectivity index (χ0v) is 7.06. The summed E-state index contributed by atoms with van der Waals surface area (Å²) in [5.41, 5.74) is 0. The van der Waals surface area contributed by atoms with E-state index in [-0.39, 0.29) is 0 Å². The molecule has 0 amide bonds. The molecule has 0 atom stereocenters. The average Bonchev–Trinajstić information content (AvgIpc) is 2.65. The van der Waals surface area contributed by atoms with Crippen molar-refractivity contribution >= 4 is 28.4 Å². The number of ether oxygens (including phenoxy) is 1. The van der Waals surface area contributed by atoms with Crippen molar-refractivity contribution in [2.45, 2.75) is 12.8 Å². The Balaban J connectivity index is 1.96. The van der Waals surface area contributed by atoms with E-state index in [9.17, 15) is 0 Å². The molecule has 52 valence electrons. The van der Waals surface area contributed by atoms with Crippen molar-refractivity contribution < 1.29 is 4.74 Å². The Labute approximate surface area is 65.2 Å². The quantitative estimate of drug-likeness (QED) is 0.575. The zero-order valence-electron chi connectivity index (χ0n) is 5.42. The summed E-state index contributed by atoms with van der Waals surface area (Å²) in [7, 11) is 0. The lowest BCUT2D eigenvalue weighted by molar-refractivity contribution is 0.303. The maximum Gasteiger partial charge on any atom is 0.219 e. The number of hydrogen-bond acceptors (Lipinski definition) is 3. The Kier molecular flexibility index (Phi) is 2.79. The maximum atomic E-state index is 5.21. The zero-order chi connectivity index (χ0) is 6.69. The highest BCUT2D eigenvalue weighted by atomic mass is 32.2. The molecule has 0 radical (unpaired) electrons. The molecule has 0 unspecified atom stereocenters. The van der Waals surface area contributed by atoms with Crippen LogP contribution in [0, 0.1) is 5.92 Å². The van der Waals surface area contributed by atoms with E-state index in [1.54, 1.807) is 0 Å². The maximum absolute atomic E-state index is 5.21. The molecular formula is C6H10OS2. The molecule has 0 saturated heterocycles. The highest BCUT2D eigenvalue weighted by Gasteiger charge is 2.21. The highest BCUT2D eigenvalue weighted by Crippen LogP contribution is 2.29. The molecule has 0 heterocycles. The smallest absolute Gasteiger partial charge is 0.219 e. The summed E-state index contributed by atoms with van der Waals surface area (Å²) in [6.45, 7) is 0.847. The third-order valence-corrected chi connectivity index (χ3v) is 2.37. The molecule has 1 fully saturated rings. The van der Waals surface area contributed by atoms with Crippen LogP contribution in [0.25, 0.3) is 0 Å². The minimum Gasteiger partial charge on any atom is -0.478 e. The van der Waals surface area contributed by atoms with E-state index >= 15 is 0 Å². The average molecular weight is 162 g/mol. The fourth-order valence-electron chi connectivity index (χ4n) is 0.529. The van der Waals surface area contributed by atoms with Crippen molar-refractivity contribution in [3.8, 4) is 0 Å². The summed E-state index contributed by atoms with van der Waals surface area (Å²) in [6.07, 6.45) is 4.60. The van der Waals surface area contributed by atoms with E-state index in [0.29, 0.717) is 4.38 Å². The minimum absolute atomic E-state index is 0.682. The standard InChI is InChI=1S/C6H10OS2/c1-9-6(8)7-4-5-2-3-5/h5H,2-4H2,1H3. The normalized spacial score (nSPS) is 17.4. The van der Waals surface area contributed by atoms with Gasteiger partial charge in [-0.25, -0.2) is 0 Å². The Morgan fingerprint density at radius 1 is 1.78 bits per heavy atom. The fourth-order valence-corrected chi connectivity index (χ4v) is 0.783. The SMILES string of the molecule is CSC(=S)OCC1CC1. The third-order valence-electron chi connectivity index (χ3n) is 1.30. The second-order valence-corrected chi connectivity index (χ2v) is 3.62. The van der Waals surface area contributed by atoms with Gasteiger partial charge in [0.1, 0.15) is 0 Å². The van der Waals surface area contributed by atoms with Gasteiger partial charge in [-0.15, -0.1) is 0 Å². The van der Waals surface area contributed by atoms with Gasteiger partial charge >= 0.3 is 0 Å². The molecule has 0 aliphatic heterocycles. The second-order valence-electron chi connectivity index (χ2n) is 2.21. The third kappa shape index (κ3) is 3.06. The van der Waals surface area contributed by atoms with E-state index in [0.717, 1.165) is 12.5 Å². The van der Waals surface area contributed by atoms with Crippen molar-refractivity contribution in [1.82, 2.24) is 0 Å². The lowest BCUT2D eigenvalue weighted by Gasteiger charge is -2.01. The van der Waals surface area contributed by atoms with Crippen LogP contribution in [0.5, 0.6) is 0 Å². The molecule has 1 nitrogen and oxygen atoms in total. The summed E-state index contributed by atoms with van der Waals surface area (Å²) in [4.78, 5) is 0. The van der Waals surface area contributed by atoms with E-state index in [4.69, 9.17) is 17.0 Å². The van der Waals surface area contributed by atoms with Crippen molar-refractivity contribution in [2.75, 3.05) is 12.9 Å². The van der Waals surface area contributed by atoms with Gasteiger partial charge in [0, 0.05) is 0 Å². The largest absolute Gasteiger partial charge is 0.478 e. The highest BCUT2D eigenvalue weighted by molar-refractivity contribution is 8.22. The molecule has 1 aliphatic rings. The van der Waals surface area contributed by atoms with Gasteiger partial charge in [-0.1, -0.05) is 11.8 Å². The number of thiocarbonyl (C=S) groups is 1. The van der Waals surface area contributed by atoms with E-state index in [2.05, 4.69) is 0 Å². The van der Waals surface area contributed by atoms with Crippen LogP contribution in [0.3, 0.4) is 0 Å². The van der Waals surface area contributed by atoms with Gasteiger partial charge in [0.2, 0.25) is 4.38 Å². The molecule has 3 heteroatoms. The van der Waals surface area contributed by atoms with Gasteiger partial charge in [-0.2, -0.15) is 0 Å². The van der Waals surface area contributed by atoms with Crippen LogP contribution >= 0.6 is 24.0 Å². The van der Waals surface area contributed by atoms with Crippen molar-refractivity contribution in [3.05, 3.63) is 0 Å². The lowest BCUT2D eigenvalue weighted by Crippen LogP contribution is -1.99. The van der Waals surface area contributed by atoms with Gasteiger partial charge in [0.05, 0.1) is 6.61 Å². The van der Waals surface area contributed by atoms with Crippen LogP contribution in [0.2, 0.25) is 0 Å². The molecule has 1 rings (SSSR count). The van der Waals surface area contributed by atoms with Crippen LogP contribution in [-0.2, 0) is 4.74 Å². The van der Waals surface area contributed by atoms with Gasteiger partial charge in [0.15, 0.2) is 0 Å². The predicted molar refractivity (Wildman–Crippen MR) is 44.8 cm³/mol. The van der Waals surface area contributed by atoms with Crippen LogP contribution in [-0.4, -0.2) is 17.2 Å². The Hall–Kier alpha value is 0.240. The molecule has 1 saturated carbocycles. The summed E-state index contributed by atoms with van der Waals surface area (Å²) < 4.78 is 5.89. The molecule has 0 bridgehead atoms. The minimum atomic E-state index is 0.682. The molecule has 0 spiro atoms. The molecule has 9 heavy (non-hydrogen) atoms. The van der Waals surface area contributed by atoms with Crippen molar-refractivity contribution in [1.29, 1.82) is 0 Å². The van der Waals surface area contributed by atoms with Gasteiger partial charge in [-0.05, 0) is 37.2 Å². The molecular weight excluding hydrogens is 152 g/mol. The summed E-state index contributed by atoms with van der Waals surface area (Å²) >= 11 is 6.35. The monoisotopic (exact) mass is 162 g/mol. The summed E-state index contributed by atoms with van der Waals surface area (Å²) in [5, 5.41) is 0. The molecule has 0 aromatic heterocycles. The first-order chi connectivity index (χ1) is 4.33. The number of hydrogen-bond donors (Lipinski definition) is 0. The van der Waals surface area contributed by atoms with Crippen LogP contribution < -0.4 is 0 Å². The van der Waals surface area contributed by atoms with Crippen LogP contribution in [0.15, 0.2) is 0 Å². The van der Waals surface area contributed by atoms with E-state index in [1.807, 2.05) is 6.26 Å². The first-order valence-corrected chi connectivity index (χ1v) is 4.67. The number of rotatable bonds is 2. The Morgan fingerprint density at radius 3 is 2.89 bits per heavy atom. The number of thioether (sulfide) groups is 1. The van der Waals surface area contributed by atoms with Crippen molar-refractivity contribution in [2.24, 2.45) is 5.92 Å². The van der Waals surface area contributed by atoms with E-state index < -0.39 is 0 Å². The van der Waals surface area contributed by atoms with Crippen LogP contribution in [0.1, 0.15) is 12.8 Å². The van der Waals surface area contributed by atoms with Gasteiger partial charge in [0.25, 0.3) is 0 Å². The second kappa shape index (κ2) is 3.42. The molecule has 0 aromatic rings. The Morgan fingerprint density at radius 2 is 2.44 bits per heavy atom. The van der Waals surface area contributed by atoms with Crippen LogP contribution in [0.4, 0.5) is 0 Å². The molecule has 0 aromatic carbocycles. The predicted octanol–water partition coefficient (Wildman–Crippen LogP) is 2.06. The molecule has 1 aliphatic carbocycles. The van der Waals surface area contributed by atoms with Gasteiger partial charge in [-0.3, -0.25) is 0 Å². The van der Waals surface area contributed by atoms with Crippen molar-refractivity contribution in [3.63, 3.8) is 0 Å². The van der Waals surface area contributed by atoms with Gasteiger partial charge < -0.3 is 4.74 Å². The lowest BCUT2D eigenvalue weighted by atomic mass is 10.5. The summed E-state index contributed by atoms with van der Waals surface area (Å²) in [5.74, 6) is 0.815. The first-order valence-electron chi connectivity index (χ1n) is 3.03. The summed E-state index contributed by atoms with van der Waals surface area (Å²) in [6, 6.07) is 0. The topological polar surface area (TPSA) is 9.23 Å². The first kappa shape index (κ1) is 7.35. The fraction of sp³-hybridized carbons (Fsp3) is 0.833. The Bertz CT molecular complexity index is 110.